The molecule has 1 unspecified atom stereocenters. The van der Waals surface area contributed by atoms with Crippen LogP contribution in [0.2, 0.25) is 0 Å². The van der Waals surface area contributed by atoms with Crippen LogP contribution in [0, 0.1) is 15.9 Å². The molecule has 0 heterocycles. The van der Waals surface area contributed by atoms with Crippen molar-refractivity contribution in [2.75, 3.05) is 0 Å². The number of carbonyl (C=O) groups is 1. The van der Waals surface area contributed by atoms with Crippen molar-refractivity contribution in [2.45, 2.75) is 11.8 Å². The molecule has 2 N–H and O–H groups in total. The summed E-state index contributed by atoms with van der Waals surface area (Å²) in [4.78, 5) is 20.6. The number of amides is 1. The van der Waals surface area contributed by atoms with Crippen LogP contribution in [-0.2, 0) is 11.2 Å². The molecule has 0 fully saturated rings. The molecular weight excluding hydrogens is 239 g/mol. The highest BCUT2D eigenvalue weighted by Gasteiger charge is 2.20. The Morgan fingerprint density at radius 1 is 1.62 bits per heavy atom. The molecular formula is C9H8ClFN2O3. The van der Waals surface area contributed by atoms with Gasteiger partial charge in [0.05, 0.1) is 11.0 Å². The zero-order valence-corrected chi connectivity index (χ0v) is 8.78. The first kappa shape index (κ1) is 12.4. The van der Waals surface area contributed by atoms with Gasteiger partial charge >= 0.3 is 0 Å². The van der Waals surface area contributed by atoms with Gasteiger partial charge in [0.25, 0.3) is 5.69 Å². The molecule has 1 aromatic carbocycles. The van der Waals surface area contributed by atoms with Crippen molar-refractivity contribution < 1.29 is 14.1 Å². The number of nitro benzene ring substituents is 1. The second-order valence-corrected chi connectivity index (χ2v) is 3.63. The number of alkyl halides is 1. The molecule has 0 aliphatic rings. The van der Waals surface area contributed by atoms with Gasteiger partial charge in [0.15, 0.2) is 0 Å². The molecule has 1 aromatic rings. The monoisotopic (exact) mass is 246 g/mol. The quantitative estimate of drug-likeness (QED) is 0.494. The van der Waals surface area contributed by atoms with Crippen LogP contribution in [0.4, 0.5) is 10.1 Å². The minimum Gasteiger partial charge on any atom is -0.368 e. The fraction of sp³-hybridized carbons (Fsp3) is 0.222. The standard InChI is InChI=1S/C9H8ClFN2O3/c10-7(9(12)14)3-5-1-2-6(11)4-8(5)13(15)16/h1-2,4,7H,3H2,(H2,12,14). The fourth-order valence-electron chi connectivity index (χ4n) is 1.17. The zero-order chi connectivity index (χ0) is 12.3. The maximum absolute atomic E-state index is 12.8. The summed E-state index contributed by atoms with van der Waals surface area (Å²) in [6, 6.07) is 3.05. The van der Waals surface area contributed by atoms with Crippen LogP contribution < -0.4 is 5.73 Å². The minimum absolute atomic E-state index is 0.104. The fourth-order valence-corrected chi connectivity index (χ4v) is 1.34. The number of nitrogens with two attached hydrogens (primary N) is 1. The zero-order valence-electron chi connectivity index (χ0n) is 8.02. The maximum Gasteiger partial charge on any atom is 0.275 e. The summed E-state index contributed by atoms with van der Waals surface area (Å²) >= 11 is 5.58. The van der Waals surface area contributed by atoms with Crippen LogP contribution in [0.25, 0.3) is 0 Å². The molecule has 0 aliphatic carbocycles. The van der Waals surface area contributed by atoms with Crippen molar-refractivity contribution in [3.05, 3.63) is 39.7 Å². The van der Waals surface area contributed by atoms with E-state index >= 15 is 0 Å². The van der Waals surface area contributed by atoms with Crippen LogP contribution in [-0.4, -0.2) is 16.2 Å². The lowest BCUT2D eigenvalue weighted by molar-refractivity contribution is -0.385. The molecule has 0 saturated carbocycles. The van der Waals surface area contributed by atoms with Gasteiger partial charge in [-0.1, -0.05) is 0 Å². The first-order valence-corrected chi connectivity index (χ1v) is 4.71. The number of nitrogens with zero attached hydrogens (tertiary/aromatic N) is 1. The van der Waals surface area contributed by atoms with Crippen molar-refractivity contribution in [1.82, 2.24) is 0 Å². The average molecular weight is 247 g/mol. The molecule has 86 valence electrons. The lowest BCUT2D eigenvalue weighted by Crippen LogP contribution is -2.25. The molecule has 0 bridgehead atoms. The summed E-state index contributed by atoms with van der Waals surface area (Å²) in [6.07, 6.45) is -0.104. The van der Waals surface area contributed by atoms with Crippen molar-refractivity contribution >= 4 is 23.2 Å². The summed E-state index contributed by atoms with van der Waals surface area (Å²) < 4.78 is 12.8. The highest BCUT2D eigenvalue weighted by atomic mass is 35.5. The number of carbonyl (C=O) groups excluding carboxylic acids is 1. The summed E-state index contributed by atoms with van der Waals surface area (Å²) in [5.74, 6) is -1.50. The second-order valence-electron chi connectivity index (χ2n) is 3.10. The summed E-state index contributed by atoms with van der Waals surface area (Å²) in [5.41, 5.74) is 4.69. The van der Waals surface area contributed by atoms with Crippen molar-refractivity contribution in [3.63, 3.8) is 0 Å². The molecule has 0 radical (unpaired) electrons. The minimum atomic E-state index is -1.05. The van der Waals surface area contributed by atoms with Gasteiger partial charge in [-0.2, -0.15) is 0 Å². The van der Waals surface area contributed by atoms with E-state index < -0.39 is 27.7 Å². The molecule has 7 heteroatoms. The third kappa shape index (κ3) is 2.90. The normalized spacial score (nSPS) is 12.1. The van der Waals surface area contributed by atoms with E-state index in [1.165, 1.54) is 6.07 Å². The lowest BCUT2D eigenvalue weighted by atomic mass is 10.1. The van der Waals surface area contributed by atoms with E-state index in [4.69, 9.17) is 17.3 Å². The van der Waals surface area contributed by atoms with Gasteiger partial charge in [0, 0.05) is 12.0 Å². The van der Waals surface area contributed by atoms with Crippen molar-refractivity contribution in [2.24, 2.45) is 5.73 Å². The Hall–Kier alpha value is -1.69. The van der Waals surface area contributed by atoms with Crippen molar-refractivity contribution in [1.29, 1.82) is 0 Å². The predicted octanol–water partition coefficient (Wildman–Crippen LogP) is 1.37. The van der Waals surface area contributed by atoms with E-state index in [0.717, 1.165) is 12.1 Å². The largest absolute Gasteiger partial charge is 0.368 e. The lowest BCUT2D eigenvalue weighted by Gasteiger charge is -2.05. The van der Waals surface area contributed by atoms with Gasteiger partial charge in [-0.15, -0.1) is 11.6 Å². The highest BCUT2D eigenvalue weighted by molar-refractivity contribution is 6.30. The van der Waals surface area contributed by atoms with Crippen molar-refractivity contribution in [3.8, 4) is 0 Å². The average Bonchev–Trinajstić information content (AvgIpc) is 2.20. The molecule has 0 saturated heterocycles. The number of primary amides is 1. The molecule has 0 aromatic heterocycles. The van der Waals surface area contributed by atoms with Crippen LogP contribution in [0.1, 0.15) is 5.56 Å². The van der Waals surface area contributed by atoms with Crippen LogP contribution >= 0.6 is 11.6 Å². The van der Waals surface area contributed by atoms with E-state index in [0.29, 0.717) is 0 Å². The molecule has 16 heavy (non-hydrogen) atoms. The van der Waals surface area contributed by atoms with Gasteiger partial charge in [-0.3, -0.25) is 14.9 Å². The van der Waals surface area contributed by atoms with Gasteiger partial charge in [-0.05, 0) is 12.1 Å². The van der Waals surface area contributed by atoms with Gasteiger partial charge in [0.2, 0.25) is 5.91 Å². The summed E-state index contributed by atoms with van der Waals surface area (Å²) in [5, 5.41) is 9.55. The number of nitro groups is 1. The van der Waals surface area contributed by atoms with Crippen LogP contribution in [0.15, 0.2) is 18.2 Å². The van der Waals surface area contributed by atoms with Gasteiger partial charge < -0.3 is 5.73 Å². The molecule has 1 rings (SSSR count). The van der Waals surface area contributed by atoms with Gasteiger partial charge in [0.1, 0.15) is 11.2 Å². The summed E-state index contributed by atoms with van der Waals surface area (Å²) in [6.45, 7) is 0. The molecule has 0 aliphatic heterocycles. The Morgan fingerprint density at radius 3 is 2.75 bits per heavy atom. The molecule has 1 atom stereocenters. The predicted molar refractivity (Wildman–Crippen MR) is 55.6 cm³/mol. The Balaban J connectivity index is 3.04. The van der Waals surface area contributed by atoms with Gasteiger partial charge in [-0.25, -0.2) is 4.39 Å². The third-order valence-electron chi connectivity index (χ3n) is 1.95. The number of hydrogen-bond acceptors (Lipinski definition) is 3. The van der Waals surface area contributed by atoms with E-state index in [1.54, 1.807) is 0 Å². The van der Waals surface area contributed by atoms with E-state index in [9.17, 15) is 19.3 Å². The Bertz CT molecular complexity index is 439. The molecule has 0 spiro atoms. The maximum atomic E-state index is 12.8. The number of benzene rings is 1. The Morgan fingerprint density at radius 2 is 2.25 bits per heavy atom. The topological polar surface area (TPSA) is 86.2 Å². The van der Waals surface area contributed by atoms with E-state index in [2.05, 4.69) is 0 Å². The summed E-state index contributed by atoms with van der Waals surface area (Å²) in [7, 11) is 0. The first-order chi connectivity index (χ1) is 7.41. The molecule has 1 amide bonds. The first-order valence-electron chi connectivity index (χ1n) is 4.28. The van der Waals surface area contributed by atoms with E-state index in [1.807, 2.05) is 0 Å². The number of hydrogen-bond donors (Lipinski definition) is 1. The SMILES string of the molecule is NC(=O)C(Cl)Cc1ccc(F)cc1[N+](=O)[O-]. The van der Waals surface area contributed by atoms with Crippen LogP contribution in [0.5, 0.6) is 0 Å². The Labute approximate surface area is 95.1 Å². The third-order valence-corrected chi connectivity index (χ3v) is 2.32. The van der Waals surface area contributed by atoms with E-state index in [-0.39, 0.29) is 12.0 Å². The molecule has 5 nitrogen and oxygen atoms in total. The number of rotatable bonds is 4. The number of halogens is 2. The second kappa shape index (κ2) is 4.89. The van der Waals surface area contributed by atoms with Crippen LogP contribution in [0.3, 0.4) is 0 Å². The Kier molecular flexibility index (Phi) is 3.78. The smallest absolute Gasteiger partial charge is 0.275 e. The highest BCUT2D eigenvalue weighted by Crippen LogP contribution is 2.22.